The first kappa shape index (κ1) is 17.2. The number of hydrogen-bond acceptors (Lipinski definition) is 5. The average Bonchev–Trinajstić information content (AvgIpc) is 3.16. The monoisotopic (exact) mass is 340 g/mol. The van der Waals surface area contributed by atoms with Crippen LogP contribution in [0.3, 0.4) is 0 Å². The second-order valence-electron chi connectivity index (χ2n) is 6.28. The Labute approximate surface area is 148 Å². The summed E-state index contributed by atoms with van der Waals surface area (Å²) in [5, 5.41) is 0. The molecule has 1 fully saturated rings. The zero-order valence-electron chi connectivity index (χ0n) is 14.7. The molecular formula is C19H24N4O2. The quantitative estimate of drug-likeness (QED) is 0.874. The van der Waals surface area contributed by atoms with Gasteiger partial charge in [-0.05, 0) is 44.4 Å². The van der Waals surface area contributed by atoms with Crippen LogP contribution < -0.4 is 15.4 Å². The van der Waals surface area contributed by atoms with Gasteiger partial charge >= 0.3 is 0 Å². The SMILES string of the molecule is CCc1cc(-c2cccc(OC(C)C(N)=O)c2)nc(N2CCCC2)n1. The third-order valence-corrected chi connectivity index (χ3v) is 4.36. The minimum Gasteiger partial charge on any atom is -0.481 e. The largest absolute Gasteiger partial charge is 0.481 e. The highest BCUT2D eigenvalue weighted by Crippen LogP contribution is 2.26. The van der Waals surface area contributed by atoms with E-state index in [0.717, 1.165) is 42.4 Å². The molecule has 25 heavy (non-hydrogen) atoms. The van der Waals surface area contributed by atoms with Gasteiger partial charge in [0, 0.05) is 24.3 Å². The van der Waals surface area contributed by atoms with E-state index in [9.17, 15) is 4.79 Å². The first-order chi connectivity index (χ1) is 12.1. The Hall–Kier alpha value is -2.63. The number of carbonyl (C=O) groups is 1. The molecule has 0 aliphatic carbocycles. The average molecular weight is 340 g/mol. The van der Waals surface area contributed by atoms with E-state index in [-0.39, 0.29) is 0 Å². The van der Waals surface area contributed by atoms with Crippen molar-refractivity contribution in [2.24, 2.45) is 5.73 Å². The minimum atomic E-state index is -0.674. The van der Waals surface area contributed by atoms with Gasteiger partial charge in [-0.2, -0.15) is 0 Å². The summed E-state index contributed by atoms with van der Waals surface area (Å²) in [6.45, 7) is 5.74. The van der Waals surface area contributed by atoms with Crippen LogP contribution in [0.15, 0.2) is 30.3 Å². The molecule has 6 heteroatoms. The Morgan fingerprint density at radius 3 is 2.72 bits per heavy atom. The lowest BCUT2D eigenvalue weighted by Gasteiger charge is -2.17. The van der Waals surface area contributed by atoms with Gasteiger partial charge in [-0.25, -0.2) is 9.97 Å². The number of primary amides is 1. The molecule has 1 aromatic heterocycles. The Morgan fingerprint density at radius 2 is 2.04 bits per heavy atom. The second-order valence-corrected chi connectivity index (χ2v) is 6.28. The number of hydrogen-bond donors (Lipinski definition) is 1. The summed E-state index contributed by atoms with van der Waals surface area (Å²) in [4.78, 5) is 22.9. The van der Waals surface area contributed by atoms with Crippen molar-refractivity contribution in [2.75, 3.05) is 18.0 Å². The number of rotatable bonds is 6. The van der Waals surface area contributed by atoms with Gasteiger partial charge in [0.15, 0.2) is 6.10 Å². The van der Waals surface area contributed by atoms with E-state index in [1.54, 1.807) is 6.92 Å². The second kappa shape index (κ2) is 7.51. The lowest BCUT2D eigenvalue weighted by molar-refractivity contribution is -0.123. The summed E-state index contributed by atoms with van der Waals surface area (Å²) in [6.07, 6.45) is 2.55. The van der Waals surface area contributed by atoms with Crippen molar-refractivity contribution in [3.8, 4) is 17.0 Å². The molecule has 2 aromatic rings. The maximum absolute atomic E-state index is 11.2. The molecule has 2 N–H and O–H groups in total. The van der Waals surface area contributed by atoms with Crippen molar-refractivity contribution >= 4 is 11.9 Å². The Morgan fingerprint density at radius 1 is 1.28 bits per heavy atom. The lowest BCUT2D eigenvalue weighted by Crippen LogP contribution is -2.30. The molecule has 1 atom stereocenters. The topological polar surface area (TPSA) is 81.3 Å². The van der Waals surface area contributed by atoms with Gasteiger partial charge in [-0.15, -0.1) is 0 Å². The molecule has 1 aromatic carbocycles. The number of nitrogens with two attached hydrogens (primary N) is 1. The molecule has 0 saturated carbocycles. The fourth-order valence-electron chi connectivity index (χ4n) is 2.86. The fraction of sp³-hybridized carbons (Fsp3) is 0.421. The van der Waals surface area contributed by atoms with Gasteiger partial charge in [0.1, 0.15) is 5.75 Å². The van der Waals surface area contributed by atoms with E-state index >= 15 is 0 Å². The number of ether oxygens (including phenoxy) is 1. The molecule has 1 unspecified atom stereocenters. The van der Waals surface area contributed by atoms with Crippen molar-refractivity contribution < 1.29 is 9.53 Å². The predicted molar refractivity (Wildman–Crippen MR) is 97.6 cm³/mol. The summed E-state index contributed by atoms with van der Waals surface area (Å²) >= 11 is 0. The van der Waals surface area contributed by atoms with Gasteiger partial charge in [-0.1, -0.05) is 19.1 Å². The number of amides is 1. The molecule has 0 radical (unpaired) electrons. The van der Waals surface area contributed by atoms with E-state index in [4.69, 9.17) is 15.5 Å². The zero-order valence-corrected chi connectivity index (χ0v) is 14.7. The van der Waals surface area contributed by atoms with Gasteiger partial charge in [0.05, 0.1) is 5.69 Å². The third-order valence-electron chi connectivity index (χ3n) is 4.36. The first-order valence-electron chi connectivity index (χ1n) is 8.76. The van der Waals surface area contributed by atoms with Crippen LogP contribution in [-0.2, 0) is 11.2 Å². The summed E-state index contributed by atoms with van der Waals surface area (Å²) in [5.74, 6) is 0.906. The van der Waals surface area contributed by atoms with Gasteiger partial charge < -0.3 is 15.4 Å². The van der Waals surface area contributed by atoms with Crippen LogP contribution in [-0.4, -0.2) is 35.1 Å². The number of carbonyl (C=O) groups excluding carboxylic acids is 1. The van der Waals surface area contributed by atoms with Crippen molar-refractivity contribution in [2.45, 2.75) is 39.2 Å². The van der Waals surface area contributed by atoms with E-state index in [1.807, 2.05) is 30.3 Å². The Kier molecular flexibility index (Phi) is 5.16. The zero-order chi connectivity index (χ0) is 17.8. The number of aryl methyl sites for hydroxylation is 1. The molecule has 0 bridgehead atoms. The molecule has 1 saturated heterocycles. The standard InChI is InChI=1S/C19H24N4O2/c1-3-15-12-17(22-19(21-15)23-9-4-5-10-23)14-7-6-8-16(11-14)25-13(2)18(20)24/h6-8,11-13H,3-5,9-10H2,1-2H3,(H2,20,24). The maximum Gasteiger partial charge on any atom is 0.258 e. The van der Waals surface area contributed by atoms with Crippen molar-refractivity contribution in [1.29, 1.82) is 0 Å². The maximum atomic E-state index is 11.2. The number of nitrogens with zero attached hydrogens (tertiary/aromatic N) is 3. The highest BCUT2D eigenvalue weighted by Gasteiger charge is 2.17. The predicted octanol–water partition coefficient (Wildman–Crippen LogP) is 2.56. The number of benzene rings is 1. The third kappa shape index (κ3) is 4.07. The van der Waals surface area contributed by atoms with Crippen LogP contribution in [0.5, 0.6) is 5.75 Å². The molecule has 0 spiro atoms. The van der Waals surface area contributed by atoms with E-state index in [0.29, 0.717) is 5.75 Å². The van der Waals surface area contributed by atoms with Crippen LogP contribution in [0.4, 0.5) is 5.95 Å². The van der Waals surface area contributed by atoms with Crippen LogP contribution in [0.1, 0.15) is 32.4 Å². The van der Waals surface area contributed by atoms with Crippen LogP contribution in [0.2, 0.25) is 0 Å². The highest BCUT2D eigenvalue weighted by atomic mass is 16.5. The minimum absolute atomic E-state index is 0.489. The smallest absolute Gasteiger partial charge is 0.258 e. The van der Waals surface area contributed by atoms with Crippen molar-refractivity contribution in [3.63, 3.8) is 0 Å². The molecule has 132 valence electrons. The van der Waals surface area contributed by atoms with Crippen LogP contribution in [0, 0.1) is 0 Å². The lowest BCUT2D eigenvalue weighted by atomic mass is 10.1. The summed E-state index contributed by atoms with van der Waals surface area (Å²) in [5.41, 5.74) is 8.09. The highest BCUT2D eigenvalue weighted by molar-refractivity contribution is 5.78. The molecule has 1 aliphatic rings. The molecule has 1 aliphatic heterocycles. The van der Waals surface area contributed by atoms with E-state index in [2.05, 4.69) is 16.8 Å². The Bertz CT molecular complexity index is 757. The van der Waals surface area contributed by atoms with Crippen molar-refractivity contribution in [1.82, 2.24) is 9.97 Å². The Balaban J connectivity index is 1.92. The molecular weight excluding hydrogens is 316 g/mol. The van der Waals surface area contributed by atoms with Crippen LogP contribution >= 0.6 is 0 Å². The van der Waals surface area contributed by atoms with Gasteiger partial charge in [0.25, 0.3) is 5.91 Å². The first-order valence-corrected chi connectivity index (χ1v) is 8.76. The molecule has 6 nitrogen and oxygen atoms in total. The van der Waals surface area contributed by atoms with Crippen molar-refractivity contribution in [3.05, 3.63) is 36.0 Å². The molecule has 3 rings (SSSR count). The summed E-state index contributed by atoms with van der Waals surface area (Å²) < 4.78 is 5.60. The molecule has 2 heterocycles. The van der Waals surface area contributed by atoms with Gasteiger partial charge in [-0.3, -0.25) is 4.79 Å². The number of anilines is 1. The number of aromatic nitrogens is 2. The van der Waals surface area contributed by atoms with Gasteiger partial charge in [0.2, 0.25) is 5.95 Å². The summed E-state index contributed by atoms with van der Waals surface area (Å²) in [6, 6.07) is 9.58. The van der Waals surface area contributed by atoms with Crippen LogP contribution in [0.25, 0.3) is 11.3 Å². The molecule has 1 amide bonds. The fourth-order valence-corrected chi connectivity index (χ4v) is 2.86. The van der Waals surface area contributed by atoms with E-state index < -0.39 is 12.0 Å². The normalized spacial score (nSPS) is 15.2. The summed E-state index contributed by atoms with van der Waals surface area (Å²) in [7, 11) is 0. The van der Waals surface area contributed by atoms with E-state index in [1.165, 1.54) is 12.8 Å².